The number of carbonyl (C=O) groups is 1. The number of hydrogen-bond donors (Lipinski definition) is 1. The fourth-order valence-electron chi connectivity index (χ4n) is 3.60. The lowest BCUT2D eigenvalue weighted by Crippen LogP contribution is -2.46. The summed E-state index contributed by atoms with van der Waals surface area (Å²) < 4.78 is 0. The number of rotatable bonds is 3. The molecule has 2 aliphatic rings. The van der Waals surface area contributed by atoms with Gasteiger partial charge in [-0.25, -0.2) is 0 Å². The van der Waals surface area contributed by atoms with Crippen LogP contribution in [0.5, 0.6) is 0 Å². The summed E-state index contributed by atoms with van der Waals surface area (Å²) in [4.78, 5) is 17.4. The summed E-state index contributed by atoms with van der Waals surface area (Å²) in [6.45, 7) is 6.70. The first kappa shape index (κ1) is 16.0. The van der Waals surface area contributed by atoms with Gasteiger partial charge in [-0.2, -0.15) is 0 Å². The first-order valence-electron chi connectivity index (χ1n) is 8.80. The summed E-state index contributed by atoms with van der Waals surface area (Å²) in [6.07, 6.45) is 8.37. The molecule has 1 saturated heterocycles. The van der Waals surface area contributed by atoms with Crippen molar-refractivity contribution in [2.45, 2.75) is 70.9 Å². The Hall–Kier alpha value is -0.870. The molecule has 3 rings (SSSR count). The second-order valence-corrected chi connectivity index (χ2v) is 8.13. The molecule has 22 heavy (non-hydrogen) atoms. The van der Waals surface area contributed by atoms with Crippen LogP contribution >= 0.6 is 11.3 Å². The SMILES string of the molecule is CC(C)N1CCC(NC(=O)c2cc3c(s2)CCCCC3)CC1. The number of thiophene rings is 1. The number of carbonyl (C=O) groups excluding carboxylic acids is 1. The van der Waals surface area contributed by atoms with E-state index in [2.05, 4.69) is 30.1 Å². The third-order valence-electron chi connectivity index (χ3n) is 5.07. The smallest absolute Gasteiger partial charge is 0.261 e. The Morgan fingerprint density at radius 3 is 2.68 bits per heavy atom. The van der Waals surface area contributed by atoms with Crippen LogP contribution in [0, 0.1) is 0 Å². The highest BCUT2D eigenvalue weighted by molar-refractivity contribution is 7.14. The van der Waals surface area contributed by atoms with E-state index in [0.717, 1.165) is 37.2 Å². The topological polar surface area (TPSA) is 32.3 Å². The van der Waals surface area contributed by atoms with Crippen molar-refractivity contribution >= 4 is 17.2 Å². The minimum Gasteiger partial charge on any atom is -0.349 e. The molecular weight excluding hydrogens is 292 g/mol. The van der Waals surface area contributed by atoms with Crippen LogP contribution in [0.25, 0.3) is 0 Å². The van der Waals surface area contributed by atoms with E-state index in [1.165, 1.54) is 36.1 Å². The third-order valence-corrected chi connectivity index (χ3v) is 6.30. The maximum atomic E-state index is 12.5. The van der Waals surface area contributed by atoms with Gasteiger partial charge in [-0.3, -0.25) is 4.79 Å². The molecule has 122 valence electrons. The molecule has 1 aromatic rings. The molecule has 0 spiro atoms. The van der Waals surface area contributed by atoms with Gasteiger partial charge < -0.3 is 10.2 Å². The quantitative estimate of drug-likeness (QED) is 0.863. The van der Waals surface area contributed by atoms with E-state index in [4.69, 9.17) is 0 Å². The van der Waals surface area contributed by atoms with E-state index in [1.807, 2.05) is 0 Å². The number of nitrogens with one attached hydrogen (secondary N) is 1. The van der Waals surface area contributed by atoms with Gasteiger partial charge in [0.05, 0.1) is 4.88 Å². The van der Waals surface area contributed by atoms with Crippen molar-refractivity contribution in [3.05, 3.63) is 21.4 Å². The average Bonchev–Trinajstić information content (AvgIpc) is 2.79. The lowest BCUT2D eigenvalue weighted by molar-refractivity contribution is 0.0904. The first-order valence-corrected chi connectivity index (χ1v) is 9.61. The van der Waals surface area contributed by atoms with Gasteiger partial charge >= 0.3 is 0 Å². The van der Waals surface area contributed by atoms with Crippen molar-refractivity contribution in [2.24, 2.45) is 0 Å². The van der Waals surface area contributed by atoms with Gasteiger partial charge in [0.15, 0.2) is 0 Å². The lowest BCUT2D eigenvalue weighted by Gasteiger charge is -2.34. The molecule has 1 aliphatic carbocycles. The van der Waals surface area contributed by atoms with E-state index in [9.17, 15) is 4.79 Å². The maximum absolute atomic E-state index is 12.5. The molecule has 1 amide bonds. The van der Waals surface area contributed by atoms with Crippen molar-refractivity contribution in [3.8, 4) is 0 Å². The van der Waals surface area contributed by atoms with Crippen LogP contribution in [-0.4, -0.2) is 36.0 Å². The molecule has 1 aliphatic heterocycles. The zero-order valence-electron chi connectivity index (χ0n) is 13.9. The summed E-state index contributed by atoms with van der Waals surface area (Å²) in [5.41, 5.74) is 1.43. The van der Waals surface area contributed by atoms with E-state index >= 15 is 0 Å². The van der Waals surface area contributed by atoms with E-state index in [-0.39, 0.29) is 5.91 Å². The Kier molecular flexibility index (Phi) is 5.19. The van der Waals surface area contributed by atoms with Gasteiger partial charge in [0.1, 0.15) is 0 Å². The summed E-state index contributed by atoms with van der Waals surface area (Å²) in [6, 6.07) is 3.12. The number of hydrogen-bond acceptors (Lipinski definition) is 3. The van der Waals surface area contributed by atoms with Crippen molar-refractivity contribution < 1.29 is 4.79 Å². The summed E-state index contributed by atoms with van der Waals surface area (Å²) in [5.74, 6) is 0.154. The molecule has 0 unspecified atom stereocenters. The van der Waals surface area contributed by atoms with Crippen LogP contribution in [0.15, 0.2) is 6.07 Å². The van der Waals surface area contributed by atoms with Gasteiger partial charge in [-0.1, -0.05) is 6.42 Å². The summed E-state index contributed by atoms with van der Waals surface area (Å²) >= 11 is 1.73. The number of nitrogens with zero attached hydrogens (tertiary/aromatic N) is 1. The molecule has 1 aromatic heterocycles. The summed E-state index contributed by atoms with van der Waals surface area (Å²) in [5, 5.41) is 3.26. The Morgan fingerprint density at radius 1 is 1.23 bits per heavy atom. The van der Waals surface area contributed by atoms with Gasteiger partial charge in [0.2, 0.25) is 0 Å². The monoisotopic (exact) mass is 320 g/mol. The van der Waals surface area contributed by atoms with Crippen LogP contribution in [0.1, 0.15) is 66.1 Å². The number of amides is 1. The van der Waals surface area contributed by atoms with Crippen LogP contribution < -0.4 is 5.32 Å². The molecule has 1 N–H and O–H groups in total. The van der Waals surface area contributed by atoms with Gasteiger partial charge in [-0.05, 0) is 64.0 Å². The van der Waals surface area contributed by atoms with Crippen molar-refractivity contribution in [1.82, 2.24) is 10.2 Å². The molecule has 0 bridgehead atoms. The minimum atomic E-state index is 0.154. The van der Waals surface area contributed by atoms with Crippen molar-refractivity contribution in [1.29, 1.82) is 0 Å². The average molecular weight is 321 g/mol. The molecular formula is C18H28N2OS. The summed E-state index contributed by atoms with van der Waals surface area (Å²) in [7, 11) is 0. The molecule has 0 atom stereocenters. The Balaban J connectivity index is 1.56. The van der Waals surface area contributed by atoms with Gasteiger partial charge in [0, 0.05) is 30.1 Å². The largest absolute Gasteiger partial charge is 0.349 e. The second-order valence-electron chi connectivity index (χ2n) is 7.00. The van der Waals surface area contributed by atoms with Crippen LogP contribution in [-0.2, 0) is 12.8 Å². The highest BCUT2D eigenvalue weighted by atomic mass is 32.1. The Morgan fingerprint density at radius 2 is 1.95 bits per heavy atom. The number of piperidine rings is 1. The molecule has 4 heteroatoms. The molecule has 0 saturated carbocycles. The van der Waals surface area contributed by atoms with E-state index in [0.29, 0.717) is 12.1 Å². The lowest BCUT2D eigenvalue weighted by atomic mass is 10.0. The third kappa shape index (κ3) is 3.72. The normalized spacial score (nSPS) is 20.7. The van der Waals surface area contributed by atoms with Gasteiger partial charge in [-0.15, -0.1) is 11.3 Å². The molecule has 3 nitrogen and oxygen atoms in total. The maximum Gasteiger partial charge on any atom is 0.261 e. The number of aryl methyl sites for hydroxylation is 2. The van der Waals surface area contributed by atoms with E-state index in [1.54, 1.807) is 11.3 Å². The van der Waals surface area contributed by atoms with Crippen LogP contribution in [0.4, 0.5) is 0 Å². The van der Waals surface area contributed by atoms with E-state index < -0.39 is 0 Å². The Bertz CT molecular complexity index is 492. The van der Waals surface area contributed by atoms with Crippen LogP contribution in [0.3, 0.4) is 0 Å². The molecule has 0 radical (unpaired) electrons. The molecule has 2 heterocycles. The van der Waals surface area contributed by atoms with Gasteiger partial charge in [0.25, 0.3) is 5.91 Å². The zero-order valence-corrected chi connectivity index (χ0v) is 14.7. The molecule has 1 fully saturated rings. The highest BCUT2D eigenvalue weighted by Crippen LogP contribution is 2.29. The zero-order chi connectivity index (χ0) is 15.5. The predicted molar refractivity (Wildman–Crippen MR) is 92.8 cm³/mol. The van der Waals surface area contributed by atoms with Crippen LogP contribution in [0.2, 0.25) is 0 Å². The fourth-order valence-corrected chi connectivity index (χ4v) is 4.75. The molecule has 0 aromatic carbocycles. The number of likely N-dealkylation sites (tertiary alicyclic amines) is 1. The first-order chi connectivity index (χ1) is 10.6. The van der Waals surface area contributed by atoms with Crippen molar-refractivity contribution in [3.63, 3.8) is 0 Å². The standard InChI is InChI=1S/C18H28N2OS/c1-13(2)20-10-8-15(9-11-20)19-18(21)17-12-14-6-4-3-5-7-16(14)22-17/h12-13,15H,3-11H2,1-2H3,(H,19,21). The highest BCUT2D eigenvalue weighted by Gasteiger charge is 2.23. The second kappa shape index (κ2) is 7.14. The Labute approximate surface area is 138 Å². The minimum absolute atomic E-state index is 0.154. The van der Waals surface area contributed by atoms with Crippen molar-refractivity contribution in [2.75, 3.05) is 13.1 Å². The number of fused-ring (bicyclic) bond motifs is 1. The predicted octanol–water partition coefficient (Wildman–Crippen LogP) is 3.62. The fraction of sp³-hybridized carbons (Fsp3) is 0.722.